The van der Waals surface area contributed by atoms with Gasteiger partial charge in [0.25, 0.3) is 0 Å². The summed E-state index contributed by atoms with van der Waals surface area (Å²) in [6, 6.07) is 7.53. The second-order valence-electron chi connectivity index (χ2n) is 4.85. The Balaban J connectivity index is 2.39. The van der Waals surface area contributed by atoms with E-state index in [9.17, 15) is 13.2 Å². The number of halogens is 4. The Bertz CT molecular complexity index is 622. The van der Waals surface area contributed by atoms with Gasteiger partial charge in [-0.1, -0.05) is 15.9 Å². The van der Waals surface area contributed by atoms with E-state index in [-0.39, 0.29) is 17.4 Å². The Morgan fingerprint density at radius 3 is 2.57 bits per heavy atom. The van der Waals surface area contributed by atoms with Crippen LogP contribution in [-0.4, -0.2) is 13.1 Å². The summed E-state index contributed by atoms with van der Waals surface area (Å²) >= 11 is 3.07. The molecule has 0 saturated carbocycles. The predicted octanol–water partition coefficient (Wildman–Crippen LogP) is 4.88. The van der Waals surface area contributed by atoms with Gasteiger partial charge in [-0.15, -0.1) is 0 Å². The molecule has 114 valence electrons. The Morgan fingerprint density at radius 2 is 1.95 bits per heavy atom. The minimum atomic E-state index is -4.43. The van der Waals surface area contributed by atoms with Crippen LogP contribution >= 0.6 is 15.9 Å². The van der Waals surface area contributed by atoms with E-state index < -0.39 is 11.7 Å². The minimum absolute atomic E-state index is 0.0501. The Morgan fingerprint density at radius 1 is 1.24 bits per heavy atom. The van der Waals surface area contributed by atoms with E-state index in [0.717, 1.165) is 6.07 Å². The monoisotopic (exact) mass is 361 g/mol. The molecule has 0 saturated heterocycles. The lowest BCUT2D eigenvalue weighted by molar-refractivity contribution is -0.137. The van der Waals surface area contributed by atoms with Gasteiger partial charge in [-0.2, -0.15) is 13.2 Å². The highest BCUT2D eigenvalue weighted by Crippen LogP contribution is 2.39. The van der Waals surface area contributed by atoms with Crippen LogP contribution in [0.2, 0.25) is 0 Å². The molecule has 0 radical (unpaired) electrons. The molecule has 2 rings (SSSR count). The Hall–Kier alpha value is -1.27. The van der Waals surface area contributed by atoms with Gasteiger partial charge < -0.3 is 9.73 Å². The smallest absolute Gasteiger partial charge is 0.417 e. The van der Waals surface area contributed by atoms with E-state index in [0.29, 0.717) is 16.7 Å². The molecule has 0 amide bonds. The first-order valence-corrected chi connectivity index (χ1v) is 7.23. The number of hydrogen-bond donors (Lipinski definition) is 1. The van der Waals surface area contributed by atoms with Crippen LogP contribution < -0.4 is 5.32 Å². The average molecular weight is 362 g/mol. The van der Waals surface area contributed by atoms with Crippen LogP contribution in [0.3, 0.4) is 0 Å². The van der Waals surface area contributed by atoms with Gasteiger partial charge in [0, 0.05) is 22.5 Å². The van der Waals surface area contributed by atoms with Crippen molar-refractivity contribution in [3.05, 3.63) is 46.1 Å². The summed E-state index contributed by atoms with van der Waals surface area (Å²) in [5.41, 5.74) is -0.659. The summed E-state index contributed by atoms with van der Waals surface area (Å²) in [5.74, 6) is 0.885. The van der Waals surface area contributed by atoms with Crippen LogP contribution in [0.15, 0.2) is 39.2 Å². The fourth-order valence-corrected chi connectivity index (χ4v) is 2.36. The van der Waals surface area contributed by atoms with Crippen LogP contribution in [0.4, 0.5) is 13.2 Å². The summed E-state index contributed by atoms with van der Waals surface area (Å²) in [4.78, 5) is 0. The van der Waals surface area contributed by atoms with Crippen LogP contribution in [0.1, 0.15) is 18.2 Å². The van der Waals surface area contributed by atoms with E-state index in [1.165, 1.54) is 6.07 Å². The average Bonchev–Trinajstić information content (AvgIpc) is 2.85. The molecule has 1 aromatic heterocycles. The number of rotatable bonds is 4. The number of nitrogens with one attached hydrogen (secondary N) is 1. The summed E-state index contributed by atoms with van der Waals surface area (Å²) in [5, 5.41) is 3.06. The van der Waals surface area contributed by atoms with E-state index in [1.807, 2.05) is 14.0 Å². The molecule has 2 nitrogen and oxygen atoms in total. The fourth-order valence-electron chi connectivity index (χ4n) is 2.00. The Labute approximate surface area is 129 Å². The van der Waals surface area contributed by atoms with E-state index >= 15 is 0 Å². The third-order valence-corrected chi connectivity index (χ3v) is 3.71. The van der Waals surface area contributed by atoms with Crippen molar-refractivity contribution in [1.29, 1.82) is 0 Å². The number of likely N-dealkylation sites (N-methyl/N-ethyl adjacent to an activating group) is 1. The molecule has 1 N–H and O–H groups in total. The van der Waals surface area contributed by atoms with Crippen molar-refractivity contribution in [1.82, 2.24) is 5.32 Å². The molecule has 0 bridgehead atoms. The highest BCUT2D eigenvalue weighted by molar-refractivity contribution is 9.10. The molecule has 6 heteroatoms. The molecular weight excluding hydrogens is 347 g/mol. The zero-order chi connectivity index (χ0) is 15.6. The molecule has 1 aromatic carbocycles. The lowest BCUT2D eigenvalue weighted by Crippen LogP contribution is -2.23. The van der Waals surface area contributed by atoms with Crippen molar-refractivity contribution in [2.75, 3.05) is 7.05 Å². The maximum absolute atomic E-state index is 13.1. The third-order valence-electron chi connectivity index (χ3n) is 3.21. The van der Waals surface area contributed by atoms with Gasteiger partial charge in [-0.05, 0) is 44.3 Å². The van der Waals surface area contributed by atoms with Crippen LogP contribution in [0.5, 0.6) is 0 Å². The second kappa shape index (κ2) is 6.23. The van der Waals surface area contributed by atoms with E-state index in [2.05, 4.69) is 21.2 Å². The maximum Gasteiger partial charge on any atom is 0.417 e. The van der Waals surface area contributed by atoms with Gasteiger partial charge in [0.1, 0.15) is 11.5 Å². The number of hydrogen-bond acceptors (Lipinski definition) is 2. The van der Waals surface area contributed by atoms with Gasteiger partial charge in [0.15, 0.2) is 0 Å². The van der Waals surface area contributed by atoms with Gasteiger partial charge in [0.2, 0.25) is 0 Å². The highest BCUT2D eigenvalue weighted by atomic mass is 79.9. The minimum Gasteiger partial charge on any atom is -0.461 e. The molecule has 1 heterocycles. The van der Waals surface area contributed by atoms with Crippen molar-refractivity contribution in [2.24, 2.45) is 0 Å². The van der Waals surface area contributed by atoms with Crippen molar-refractivity contribution >= 4 is 15.9 Å². The predicted molar refractivity (Wildman–Crippen MR) is 79.1 cm³/mol. The molecule has 2 aromatic rings. The quantitative estimate of drug-likeness (QED) is 0.839. The first-order valence-electron chi connectivity index (χ1n) is 6.44. The zero-order valence-electron chi connectivity index (χ0n) is 11.6. The first kappa shape index (κ1) is 16.1. The molecule has 1 unspecified atom stereocenters. The maximum atomic E-state index is 13.1. The van der Waals surface area contributed by atoms with Gasteiger partial charge in [0.05, 0.1) is 5.56 Å². The number of benzene rings is 1. The summed E-state index contributed by atoms with van der Waals surface area (Å²) in [6.07, 6.45) is -3.81. The molecule has 21 heavy (non-hydrogen) atoms. The summed E-state index contributed by atoms with van der Waals surface area (Å²) in [6.45, 7) is 1.98. The molecule has 0 fully saturated rings. The molecule has 0 aliphatic carbocycles. The largest absolute Gasteiger partial charge is 0.461 e. The summed E-state index contributed by atoms with van der Waals surface area (Å²) < 4.78 is 45.3. The lowest BCUT2D eigenvalue weighted by Gasteiger charge is -2.12. The van der Waals surface area contributed by atoms with E-state index in [1.54, 1.807) is 18.2 Å². The van der Waals surface area contributed by atoms with Crippen molar-refractivity contribution < 1.29 is 17.6 Å². The molecule has 0 spiro atoms. The van der Waals surface area contributed by atoms with Crippen molar-refractivity contribution in [3.63, 3.8) is 0 Å². The van der Waals surface area contributed by atoms with Crippen molar-refractivity contribution in [2.45, 2.75) is 25.6 Å². The van der Waals surface area contributed by atoms with E-state index in [4.69, 9.17) is 4.42 Å². The number of furan rings is 1. The SMILES string of the molecule is CNC(C)Cc1ccc(-c2ccc(Br)cc2C(F)(F)F)o1. The van der Waals surface area contributed by atoms with Gasteiger partial charge >= 0.3 is 6.18 Å². The highest BCUT2D eigenvalue weighted by Gasteiger charge is 2.34. The second-order valence-corrected chi connectivity index (χ2v) is 5.76. The first-order chi connectivity index (χ1) is 9.81. The normalized spacial score (nSPS) is 13.4. The van der Waals surface area contributed by atoms with Crippen LogP contribution in [-0.2, 0) is 12.6 Å². The lowest BCUT2D eigenvalue weighted by atomic mass is 10.1. The molecular formula is C15H15BrF3NO. The van der Waals surface area contributed by atoms with Gasteiger partial charge in [-0.25, -0.2) is 0 Å². The van der Waals surface area contributed by atoms with Crippen LogP contribution in [0, 0.1) is 0 Å². The third kappa shape index (κ3) is 3.89. The summed E-state index contributed by atoms with van der Waals surface area (Å²) in [7, 11) is 1.82. The molecule has 1 atom stereocenters. The topological polar surface area (TPSA) is 25.2 Å². The fraction of sp³-hybridized carbons (Fsp3) is 0.333. The standard InChI is InChI=1S/C15H15BrF3NO/c1-9(20-2)7-11-4-6-14(21-11)12-5-3-10(16)8-13(12)15(17,18)19/h3-6,8-9,20H,7H2,1-2H3. The Kier molecular flexibility index (Phi) is 4.78. The molecule has 0 aliphatic heterocycles. The zero-order valence-corrected chi connectivity index (χ0v) is 13.2. The van der Waals surface area contributed by atoms with Gasteiger partial charge in [-0.3, -0.25) is 0 Å². The van der Waals surface area contributed by atoms with Crippen molar-refractivity contribution in [3.8, 4) is 11.3 Å². The number of alkyl halides is 3. The van der Waals surface area contributed by atoms with Crippen LogP contribution in [0.25, 0.3) is 11.3 Å². The molecule has 0 aliphatic rings.